The SMILES string of the molecule is O=C(O)CN1C(=O)[C@@H]2[C@@H]3C[C@H]([C@@H]2C1=O)[C@H]1[C@H](c2ccc(Br)cc2)c2sc(=O)[nH]c2S[C@@H]31. The number of rotatable bonds is 3. The lowest BCUT2D eigenvalue weighted by molar-refractivity contribution is -0.149. The lowest BCUT2D eigenvalue weighted by atomic mass is 9.68. The second-order valence-electron chi connectivity index (χ2n) is 8.67. The van der Waals surface area contributed by atoms with Crippen molar-refractivity contribution in [3.63, 3.8) is 0 Å². The summed E-state index contributed by atoms with van der Waals surface area (Å²) in [5.74, 6) is -2.63. The molecule has 2 aliphatic carbocycles. The molecule has 4 aliphatic rings. The van der Waals surface area contributed by atoms with E-state index in [0.717, 1.165) is 31.3 Å². The zero-order chi connectivity index (χ0) is 21.6. The first kappa shape index (κ1) is 19.8. The second kappa shape index (κ2) is 6.79. The van der Waals surface area contributed by atoms with E-state index in [9.17, 15) is 19.2 Å². The van der Waals surface area contributed by atoms with Crippen LogP contribution in [-0.2, 0) is 14.4 Å². The third kappa shape index (κ3) is 2.70. The van der Waals surface area contributed by atoms with Gasteiger partial charge in [0.15, 0.2) is 0 Å². The summed E-state index contributed by atoms with van der Waals surface area (Å²) < 4.78 is 0.967. The molecule has 160 valence electrons. The Morgan fingerprint density at radius 3 is 2.48 bits per heavy atom. The van der Waals surface area contributed by atoms with Gasteiger partial charge in [0.05, 0.1) is 16.9 Å². The Bertz CT molecular complexity index is 1190. The third-order valence-corrected chi connectivity index (χ3v) is 10.5. The highest BCUT2D eigenvalue weighted by Crippen LogP contribution is 2.68. The molecule has 1 aromatic carbocycles. The number of aromatic amines is 1. The monoisotopic (exact) mass is 520 g/mol. The minimum absolute atomic E-state index is 0.00161. The largest absolute Gasteiger partial charge is 0.480 e. The number of amides is 2. The van der Waals surface area contributed by atoms with Crippen LogP contribution in [0.25, 0.3) is 0 Å². The lowest BCUT2D eigenvalue weighted by Gasteiger charge is -2.43. The molecule has 2 saturated carbocycles. The molecule has 6 rings (SSSR count). The molecule has 2 aromatic rings. The van der Waals surface area contributed by atoms with Crippen LogP contribution in [0.3, 0.4) is 0 Å². The Hall–Kier alpha value is -1.91. The molecule has 10 heteroatoms. The number of carboxylic acids is 1. The predicted octanol–water partition coefficient (Wildman–Crippen LogP) is 2.76. The number of thiazole rings is 1. The van der Waals surface area contributed by atoms with Gasteiger partial charge in [0, 0.05) is 20.5 Å². The number of H-pyrrole nitrogens is 1. The average Bonchev–Trinajstić information content (AvgIpc) is 3.44. The summed E-state index contributed by atoms with van der Waals surface area (Å²) in [6.45, 7) is -0.566. The summed E-state index contributed by atoms with van der Waals surface area (Å²) in [4.78, 5) is 54.4. The van der Waals surface area contributed by atoms with Crippen LogP contribution >= 0.6 is 39.0 Å². The number of nitrogens with one attached hydrogen (secondary N) is 1. The number of hydrogen-bond donors (Lipinski definition) is 2. The van der Waals surface area contributed by atoms with Crippen molar-refractivity contribution >= 4 is 56.8 Å². The van der Waals surface area contributed by atoms with Crippen molar-refractivity contribution in [1.29, 1.82) is 0 Å². The summed E-state index contributed by atoms with van der Waals surface area (Å²) in [6.07, 6.45) is 0.794. The molecular formula is C21H17BrN2O5S2. The summed E-state index contributed by atoms with van der Waals surface area (Å²) >= 11 is 6.33. The van der Waals surface area contributed by atoms with E-state index in [2.05, 4.69) is 33.0 Å². The Kier molecular flexibility index (Phi) is 4.33. The number of aliphatic carboxylic acids is 1. The number of imide groups is 1. The van der Waals surface area contributed by atoms with E-state index < -0.39 is 24.3 Å². The van der Waals surface area contributed by atoms with E-state index in [4.69, 9.17) is 5.11 Å². The Morgan fingerprint density at radius 1 is 1.13 bits per heavy atom. The summed E-state index contributed by atoms with van der Waals surface area (Å²) in [6, 6.07) is 8.07. The van der Waals surface area contributed by atoms with Crippen LogP contribution < -0.4 is 4.87 Å². The number of aromatic nitrogens is 1. The quantitative estimate of drug-likeness (QED) is 0.602. The maximum absolute atomic E-state index is 13.1. The van der Waals surface area contributed by atoms with Crippen molar-refractivity contribution in [2.45, 2.75) is 22.6 Å². The van der Waals surface area contributed by atoms with Crippen LogP contribution in [0.5, 0.6) is 0 Å². The maximum atomic E-state index is 13.1. The van der Waals surface area contributed by atoms with Gasteiger partial charge < -0.3 is 10.1 Å². The van der Waals surface area contributed by atoms with Crippen LogP contribution in [0.4, 0.5) is 0 Å². The lowest BCUT2D eigenvalue weighted by Crippen LogP contribution is -2.42. The van der Waals surface area contributed by atoms with Crippen molar-refractivity contribution in [3.05, 3.63) is 48.8 Å². The van der Waals surface area contributed by atoms with E-state index in [1.54, 1.807) is 11.8 Å². The molecule has 1 saturated heterocycles. The fourth-order valence-electron chi connectivity index (χ4n) is 6.41. The Labute approximate surface area is 193 Å². The molecule has 2 N–H and O–H groups in total. The maximum Gasteiger partial charge on any atom is 0.323 e. The van der Waals surface area contributed by atoms with Crippen LogP contribution in [0.1, 0.15) is 22.8 Å². The predicted molar refractivity (Wildman–Crippen MR) is 117 cm³/mol. The summed E-state index contributed by atoms with van der Waals surface area (Å²) in [5.41, 5.74) is 1.10. The molecule has 1 aromatic heterocycles. The van der Waals surface area contributed by atoms with Crippen molar-refractivity contribution in [1.82, 2.24) is 9.88 Å². The first-order chi connectivity index (χ1) is 14.8. The standard InChI is InChI=1S/C21H17BrN2O5S2/c22-8-3-1-7(2-4-8)12-13-9-5-10(16(13)30-18-17(12)31-21(29)23-18)15-14(9)19(27)24(20(15)28)6-11(25)26/h1-4,9-10,12-16H,5-6H2,(H,23,29)(H,25,26)/t9-,10-,12-,13-,14-,15+,16-/m0/s1. The summed E-state index contributed by atoms with van der Waals surface area (Å²) in [5, 5.41) is 10.1. The number of halogens is 1. The molecule has 0 radical (unpaired) electrons. The number of likely N-dealkylation sites (tertiary alicyclic amines) is 1. The van der Waals surface area contributed by atoms with Crippen molar-refractivity contribution < 1.29 is 19.5 Å². The van der Waals surface area contributed by atoms with Gasteiger partial charge in [-0.05, 0) is 41.9 Å². The molecule has 3 heterocycles. The number of carbonyl (C=O) groups is 3. The van der Waals surface area contributed by atoms with E-state index >= 15 is 0 Å². The van der Waals surface area contributed by atoms with Crippen LogP contribution in [-0.4, -0.2) is 44.6 Å². The molecule has 7 nitrogen and oxygen atoms in total. The van der Waals surface area contributed by atoms with Crippen molar-refractivity contribution in [3.8, 4) is 0 Å². The van der Waals surface area contributed by atoms with Gasteiger partial charge in [-0.3, -0.25) is 24.1 Å². The number of nitrogens with zero attached hydrogens (tertiary/aromatic N) is 1. The summed E-state index contributed by atoms with van der Waals surface area (Å²) in [7, 11) is 0. The number of benzene rings is 1. The minimum Gasteiger partial charge on any atom is -0.480 e. The zero-order valence-electron chi connectivity index (χ0n) is 16.0. The molecule has 0 spiro atoms. The first-order valence-corrected chi connectivity index (χ1v) is 12.6. The molecule has 31 heavy (non-hydrogen) atoms. The van der Waals surface area contributed by atoms with E-state index in [0.29, 0.717) is 0 Å². The highest BCUT2D eigenvalue weighted by molar-refractivity contribution is 9.10. The fraction of sp³-hybridized carbons (Fsp3) is 0.429. The zero-order valence-corrected chi connectivity index (χ0v) is 19.2. The van der Waals surface area contributed by atoms with Gasteiger partial charge >= 0.3 is 10.8 Å². The smallest absolute Gasteiger partial charge is 0.323 e. The van der Waals surface area contributed by atoms with Crippen LogP contribution in [0, 0.1) is 29.6 Å². The van der Waals surface area contributed by atoms with Gasteiger partial charge in [-0.2, -0.15) is 0 Å². The minimum atomic E-state index is -1.17. The van der Waals surface area contributed by atoms with Crippen LogP contribution in [0.2, 0.25) is 0 Å². The molecule has 2 bridgehead atoms. The van der Waals surface area contributed by atoms with Gasteiger partial charge in [-0.1, -0.05) is 39.4 Å². The molecule has 7 atom stereocenters. The average molecular weight is 521 g/mol. The third-order valence-electron chi connectivity index (χ3n) is 7.34. The number of hydrogen-bond acceptors (Lipinski definition) is 6. The van der Waals surface area contributed by atoms with Crippen LogP contribution in [0.15, 0.2) is 38.6 Å². The number of carboxylic acid groups (broad SMARTS) is 1. The number of carbonyl (C=O) groups excluding carboxylic acids is 2. The van der Waals surface area contributed by atoms with Crippen molar-refractivity contribution in [2.24, 2.45) is 29.6 Å². The molecular weight excluding hydrogens is 504 g/mol. The normalized spacial score (nSPS) is 35.3. The Balaban J connectivity index is 1.45. The first-order valence-electron chi connectivity index (χ1n) is 10.1. The van der Waals surface area contributed by atoms with Gasteiger partial charge in [-0.15, -0.1) is 11.8 Å². The highest BCUT2D eigenvalue weighted by atomic mass is 79.9. The van der Waals surface area contributed by atoms with Gasteiger partial charge in [0.1, 0.15) is 6.54 Å². The van der Waals surface area contributed by atoms with E-state index in [1.165, 1.54) is 11.3 Å². The topological polar surface area (TPSA) is 108 Å². The van der Waals surface area contributed by atoms with Gasteiger partial charge in [0.2, 0.25) is 11.8 Å². The van der Waals surface area contributed by atoms with Crippen molar-refractivity contribution in [2.75, 3.05) is 6.54 Å². The Morgan fingerprint density at radius 2 is 1.81 bits per heavy atom. The second-order valence-corrected chi connectivity index (χ2v) is 11.8. The molecule has 3 fully saturated rings. The van der Waals surface area contributed by atoms with E-state index in [1.807, 2.05) is 12.1 Å². The molecule has 2 amide bonds. The highest BCUT2D eigenvalue weighted by Gasteiger charge is 2.69. The van der Waals surface area contributed by atoms with Gasteiger partial charge in [-0.25, -0.2) is 0 Å². The fourth-order valence-corrected chi connectivity index (χ4v) is 9.57. The van der Waals surface area contributed by atoms with E-state index in [-0.39, 0.29) is 45.6 Å². The molecule has 0 unspecified atom stereocenters. The molecule has 2 aliphatic heterocycles. The number of fused-ring (bicyclic) bond motifs is 9. The van der Waals surface area contributed by atoms with Gasteiger partial charge in [0.25, 0.3) is 0 Å². The number of thioether (sulfide) groups is 1.